The van der Waals surface area contributed by atoms with Gasteiger partial charge < -0.3 is 10.1 Å². The zero-order valence-electron chi connectivity index (χ0n) is 18.4. The van der Waals surface area contributed by atoms with Crippen molar-refractivity contribution in [1.29, 1.82) is 5.26 Å². The van der Waals surface area contributed by atoms with Gasteiger partial charge in [-0.05, 0) is 73.7 Å². The van der Waals surface area contributed by atoms with Gasteiger partial charge in [0.1, 0.15) is 23.2 Å². The van der Waals surface area contributed by atoms with E-state index in [-0.39, 0.29) is 11.4 Å². The Morgan fingerprint density at radius 2 is 1.79 bits per heavy atom. The molecule has 0 aliphatic heterocycles. The number of halogens is 1. The molecule has 6 nitrogen and oxygen atoms in total. The minimum Gasteiger partial charge on any atom is -0.494 e. The third-order valence-corrected chi connectivity index (χ3v) is 4.97. The average molecular weight is 452 g/mol. The van der Waals surface area contributed by atoms with Gasteiger partial charge in [0.05, 0.1) is 18.0 Å². The molecule has 1 heterocycles. The highest BCUT2D eigenvalue weighted by Gasteiger charge is 2.15. The van der Waals surface area contributed by atoms with Crippen LogP contribution in [0.15, 0.2) is 90.6 Å². The van der Waals surface area contributed by atoms with E-state index in [1.54, 1.807) is 47.3 Å². The maximum atomic E-state index is 13.5. The highest BCUT2D eigenvalue weighted by atomic mass is 19.1. The fraction of sp³-hybridized carbons (Fsp3) is 0.0741. The van der Waals surface area contributed by atoms with Crippen molar-refractivity contribution in [1.82, 2.24) is 9.78 Å². The van der Waals surface area contributed by atoms with Crippen molar-refractivity contribution in [2.24, 2.45) is 0 Å². The Kier molecular flexibility index (Phi) is 6.80. The molecule has 1 amide bonds. The van der Waals surface area contributed by atoms with Crippen LogP contribution in [-0.2, 0) is 4.79 Å². The molecule has 0 fully saturated rings. The molecule has 4 aromatic rings. The molecule has 7 heteroatoms. The molecular formula is C27H21FN4O2. The van der Waals surface area contributed by atoms with Crippen LogP contribution in [0.2, 0.25) is 0 Å². The van der Waals surface area contributed by atoms with E-state index in [9.17, 15) is 14.4 Å². The lowest BCUT2D eigenvalue weighted by Crippen LogP contribution is -2.13. The molecule has 0 aliphatic carbocycles. The van der Waals surface area contributed by atoms with Gasteiger partial charge in [0.25, 0.3) is 5.91 Å². The Balaban J connectivity index is 1.68. The summed E-state index contributed by atoms with van der Waals surface area (Å²) in [4.78, 5) is 12.8. The summed E-state index contributed by atoms with van der Waals surface area (Å²) in [5.41, 5.74) is 2.98. The first-order chi connectivity index (χ1) is 16.6. The van der Waals surface area contributed by atoms with Crippen LogP contribution in [0.1, 0.15) is 12.5 Å². The number of aromatic nitrogens is 2. The van der Waals surface area contributed by atoms with Crippen molar-refractivity contribution in [2.45, 2.75) is 6.92 Å². The summed E-state index contributed by atoms with van der Waals surface area (Å²) in [6.45, 7) is 2.43. The number of ether oxygens (including phenoxy) is 1. The number of nitrogens with zero attached hydrogens (tertiary/aromatic N) is 3. The third kappa shape index (κ3) is 5.19. The predicted molar refractivity (Wildman–Crippen MR) is 129 cm³/mol. The Hall–Kier alpha value is -4.70. The number of nitrogens with one attached hydrogen (secondary N) is 1. The Morgan fingerprint density at radius 3 is 2.44 bits per heavy atom. The number of para-hydroxylation sites is 1. The molecule has 34 heavy (non-hydrogen) atoms. The fourth-order valence-electron chi connectivity index (χ4n) is 3.34. The molecule has 0 atom stereocenters. The van der Waals surface area contributed by atoms with Gasteiger partial charge in [-0.2, -0.15) is 10.4 Å². The number of anilines is 1. The first-order valence-corrected chi connectivity index (χ1v) is 10.6. The van der Waals surface area contributed by atoms with Crippen molar-refractivity contribution in [3.63, 3.8) is 0 Å². The molecule has 3 aromatic carbocycles. The molecule has 0 saturated carbocycles. The van der Waals surface area contributed by atoms with Gasteiger partial charge in [-0.15, -0.1) is 0 Å². The van der Waals surface area contributed by atoms with E-state index >= 15 is 0 Å². The normalized spacial score (nSPS) is 11.0. The van der Waals surface area contributed by atoms with Crippen LogP contribution in [0.5, 0.6) is 5.75 Å². The summed E-state index contributed by atoms with van der Waals surface area (Å²) in [6, 6.07) is 24.2. The predicted octanol–water partition coefficient (Wildman–Crippen LogP) is 5.62. The summed E-state index contributed by atoms with van der Waals surface area (Å²) < 4.78 is 20.5. The molecular weight excluding hydrogens is 431 g/mol. The van der Waals surface area contributed by atoms with E-state index in [4.69, 9.17) is 4.74 Å². The lowest BCUT2D eigenvalue weighted by Gasteiger charge is -2.06. The number of benzene rings is 3. The summed E-state index contributed by atoms with van der Waals surface area (Å²) in [6.07, 6.45) is 3.21. The molecule has 0 saturated heterocycles. The van der Waals surface area contributed by atoms with E-state index in [0.29, 0.717) is 34.9 Å². The number of rotatable bonds is 7. The molecule has 0 radical (unpaired) electrons. The molecule has 0 spiro atoms. The van der Waals surface area contributed by atoms with Gasteiger partial charge in [0.2, 0.25) is 0 Å². The van der Waals surface area contributed by atoms with Crippen molar-refractivity contribution in [3.05, 3.63) is 102 Å². The summed E-state index contributed by atoms with van der Waals surface area (Å²) in [5.74, 6) is -0.228. The number of hydrogen-bond donors (Lipinski definition) is 1. The van der Waals surface area contributed by atoms with Crippen LogP contribution < -0.4 is 10.1 Å². The van der Waals surface area contributed by atoms with Crippen molar-refractivity contribution in [2.75, 3.05) is 11.9 Å². The molecule has 1 aromatic heterocycles. The molecule has 0 bridgehead atoms. The van der Waals surface area contributed by atoms with Gasteiger partial charge in [0.15, 0.2) is 0 Å². The largest absolute Gasteiger partial charge is 0.494 e. The van der Waals surface area contributed by atoms with Crippen LogP contribution >= 0.6 is 0 Å². The van der Waals surface area contributed by atoms with Crippen molar-refractivity contribution >= 4 is 17.7 Å². The molecule has 0 unspecified atom stereocenters. The van der Waals surface area contributed by atoms with Gasteiger partial charge in [-0.1, -0.05) is 18.2 Å². The van der Waals surface area contributed by atoms with Crippen molar-refractivity contribution in [3.8, 4) is 28.8 Å². The molecule has 1 N–H and O–H groups in total. The van der Waals surface area contributed by atoms with E-state index in [1.807, 2.05) is 43.3 Å². The Morgan fingerprint density at radius 1 is 1.09 bits per heavy atom. The van der Waals surface area contributed by atoms with Gasteiger partial charge in [-0.3, -0.25) is 4.79 Å². The minimum absolute atomic E-state index is 0.0927. The Labute approximate surface area is 196 Å². The van der Waals surface area contributed by atoms with Crippen LogP contribution in [0.25, 0.3) is 23.0 Å². The summed E-state index contributed by atoms with van der Waals surface area (Å²) in [5, 5.41) is 17.1. The van der Waals surface area contributed by atoms with E-state index in [1.165, 1.54) is 18.2 Å². The monoisotopic (exact) mass is 452 g/mol. The second-order valence-electron chi connectivity index (χ2n) is 7.30. The smallest absolute Gasteiger partial charge is 0.266 e. The second-order valence-corrected chi connectivity index (χ2v) is 7.30. The summed E-state index contributed by atoms with van der Waals surface area (Å²) >= 11 is 0. The van der Waals surface area contributed by atoms with Crippen LogP contribution in [0, 0.1) is 17.1 Å². The third-order valence-electron chi connectivity index (χ3n) is 4.97. The van der Waals surface area contributed by atoms with Gasteiger partial charge >= 0.3 is 0 Å². The number of amides is 1. The van der Waals surface area contributed by atoms with E-state index in [0.717, 1.165) is 5.69 Å². The average Bonchev–Trinajstić information content (AvgIpc) is 3.29. The van der Waals surface area contributed by atoms with Crippen LogP contribution in [-0.4, -0.2) is 22.3 Å². The number of carbonyl (C=O) groups excluding carboxylic acids is 1. The van der Waals surface area contributed by atoms with Crippen molar-refractivity contribution < 1.29 is 13.9 Å². The number of nitriles is 1. The number of hydrogen-bond acceptors (Lipinski definition) is 4. The standard InChI is InChI=1S/C27H21FN4O2/c1-2-34-25-14-12-23(13-15-25)30-27(33)20(17-29)16-21-18-32(24-6-4-3-5-7-24)31-26(21)19-8-10-22(28)11-9-19/h3-16,18H,2H2,1H3,(H,30,33). The SMILES string of the molecule is CCOc1ccc(NC(=O)C(C#N)=Cc2cn(-c3ccccc3)nc2-c2ccc(F)cc2)cc1. The van der Waals surface area contributed by atoms with Crippen LogP contribution in [0.4, 0.5) is 10.1 Å². The quantitative estimate of drug-likeness (QED) is 0.291. The molecule has 168 valence electrons. The van der Waals surface area contributed by atoms with E-state index in [2.05, 4.69) is 10.4 Å². The zero-order chi connectivity index (χ0) is 23.9. The Bertz CT molecular complexity index is 1350. The maximum Gasteiger partial charge on any atom is 0.266 e. The minimum atomic E-state index is -0.552. The zero-order valence-corrected chi connectivity index (χ0v) is 18.4. The first kappa shape index (κ1) is 22.5. The lowest BCUT2D eigenvalue weighted by atomic mass is 10.1. The molecule has 0 aliphatic rings. The topological polar surface area (TPSA) is 79.9 Å². The second kappa shape index (κ2) is 10.3. The highest BCUT2D eigenvalue weighted by Crippen LogP contribution is 2.26. The fourth-order valence-corrected chi connectivity index (χ4v) is 3.34. The lowest BCUT2D eigenvalue weighted by molar-refractivity contribution is -0.112. The van der Waals surface area contributed by atoms with Gasteiger partial charge in [0, 0.05) is 23.0 Å². The highest BCUT2D eigenvalue weighted by molar-refractivity contribution is 6.10. The summed E-state index contributed by atoms with van der Waals surface area (Å²) in [7, 11) is 0. The van der Waals surface area contributed by atoms with Crippen LogP contribution in [0.3, 0.4) is 0 Å². The van der Waals surface area contributed by atoms with E-state index < -0.39 is 5.91 Å². The van der Waals surface area contributed by atoms with Gasteiger partial charge in [-0.25, -0.2) is 9.07 Å². The number of carbonyl (C=O) groups is 1. The molecule has 4 rings (SSSR count). The first-order valence-electron chi connectivity index (χ1n) is 10.6. The maximum absolute atomic E-state index is 13.5.